The summed E-state index contributed by atoms with van der Waals surface area (Å²) in [4.78, 5) is 38.6. The quantitative estimate of drug-likeness (QED) is 0.604. The fourth-order valence-electron chi connectivity index (χ4n) is 1.87. The molecule has 0 spiro atoms. The number of carbonyl (C=O) groups is 3. The fraction of sp³-hybridized carbons (Fsp3) is 0.750. The van der Waals surface area contributed by atoms with Crippen molar-refractivity contribution in [3.8, 4) is 0 Å². The summed E-state index contributed by atoms with van der Waals surface area (Å²) >= 11 is 0. The van der Waals surface area contributed by atoms with Gasteiger partial charge in [0, 0.05) is 40.2 Å². The molecule has 0 saturated carbocycles. The van der Waals surface area contributed by atoms with Gasteiger partial charge in [0.05, 0.1) is 6.54 Å². The van der Waals surface area contributed by atoms with Crippen LogP contribution in [0.1, 0.15) is 19.3 Å². The van der Waals surface area contributed by atoms with Gasteiger partial charge in [-0.15, -0.1) is 0 Å². The summed E-state index contributed by atoms with van der Waals surface area (Å²) in [5.74, 6) is -0.108. The van der Waals surface area contributed by atoms with Crippen LogP contribution < -0.4 is 0 Å². The maximum atomic E-state index is 11.8. The molecule has 0 aromatic carbocycles. The van der Waals surface area contributed by atoms with Crippen LogP contribution in [0.4, 0.5) is 0 Å². The molecule has 102 valence electrons. The molecule has 1 heterocycles. The van der Waals surface area contributed by atoms with E-state index in [2.05, 4.69) is 0 Å². The Kier molecular flexibility index (Phi) is 5.61. The number of carbonyl (C=O) groups excluding carboxylic acids is 3. The lowest BCUT2D eigenvalue weighted by Crippen LogP contribution is -2.40. The van der Waals surface area contributed by atoms with E-state index in [0.717, 1.165) is 25.9 Å². The molecule has 6 heteroatoms. The van der Waals surface area contributed by atoms with Crippen LogP contribution in [0.2, 0.25) is 0 Å². The third kappa shape index (κ3) is 4.35. The van der Waals surface area contributed by atoms with Gasteiger partial charge in [0.1, 0.15) is 0 Å². The lowest BCUT2D eigenvalue weighted by molar-refractivity contribution is -0.139. The maximum absolute atomic E-state index is 11.8. The lowest BCUT2D eigenvalue weighted by Gasteiger charge is -2.22. The largest absolute Gasteiger partial charge is 0.348 e. The van der Waals surface area contributed by atoms with Gasteiger partial charge in [-0.05, 0) is 12.8 Å². The first-order chi connectivity index (χ1) is 8.54. The SMILES string of the molecule is CN(C=O)CCC(=O)N(C)CC(=O)N1CCCC1. The molecule has 6 nitrogen and oxygen atoms in total. The molecule has 1 fully saturated rings. The van der Waals surface area contributed by atoms with Crippen LogP contribution in [0, 0.1) is 0 Å². The van der Waals surface area contributed by atoms with Crippen LogP contribution in [0.3, 0.4) is 0 Å². The molecule has 1 saturated heterocycles. The normalized spacial score (nSPS) is 14.4. The Morgan fingerprint density at radius 2 is 1.83 bits per heavy atom. The second-order valence-corrected chi connectivity index (χ2v) is 4.67. The van der Waals surface area contributed by atoms with Crippen molar-refractivity contribution >= 4 is 18.2 Å². The minimum Gasteiger partial charge on any atom is -0.348 e. The average Bonchev–Trinajstić information content (AvgIpc) is 2.89. The van der Waals surface area contributed by atoms with Crippen molar-refractivity contribution in [3.05, 3.63) is 0 Å². The van der Waals surface area contributed by atoms with E-state index in [4.69, 9.17) is 0 Å². The summed E-state index contributed by atoms with van der Waals surface area (Å²) in [7, 11) is 3.24. The van der Waals surface area contributed by atoms with Crippen molar-refractivity contribution in [2.24, 2.45) is 0 Å². The van der Waals surface area contributed by atoms with Gasteiger partial charge in [0.2, 0.25) is 18.2 Å². The van der Waals surface area contributed by atoms with Crippen molar-refractivity contribution in [1.82, 2.24) is 14.7 Å². The first-order valence-electron chi connectivity index (χ1n) is 6.22. The van der Waals surface area contributed by atoms with Crippen LogP contribution >= 0.6 is 0 Å². The fourth-order valence-corrected chi connectivity index (χ4v) is 1.87. The Labute approximate surface area is 108 Å². The lowest BCUT2D eigenvalue weighted by atomic mass is 10.3. The Hall–Kier alpha value is -1.59. The van der Waals surface area contributed by atoms with E-state index in [1.54, 1.807) is 19.0 Å². The number of hydrogen-bond acceptors (Lipinski definition) is 3. The first kappa shape index (κ1) is 14.5. The molecule has 0 aromatic rings. The highest BCUT2D eigenvalue weighted by Crippen LogP contribution is 2.07. The zero-order chi connectivity index (χ0) is 13.5. The van der Waals surface area contributed by atoms with Gasteiger partial charge in [0.15, 0.2) is 0 Å². The highest BCUT2D eigenvalue weighted by atomic mass is 16.2. The van der Waals surface area contributed by atoms with E-state index >= 15 is 0 Å². The maximum Gasteiger partial charge on any atom is 0.242 e. The van der Waals surface area contributed by atoms with Crippen molar-refractivity contribution in [3.63, 3.8) is 0 Å². The summed E-state index contributed by atoms with van der Waals surface area (Å²) in [5, 5.41) is 0. The molecule has 1 rings (SSSR count). The molecule has 3 amide bonds. The third-order valence-corrected chi connectivity index (χ3v) is 3.12. The summed E-state index contributed by atoms with van der Waals surface area (Å²) < 4.78 is 0. The average molecular weight is 255 g/mol. The van der Waals surface area contributed by atoms with Crippen LogP contribution in [0.15, 0.2) is 0 Å². The zero-order valence-electron chi connectivity index (χ0n) is 11.1. The van der Waals surface area contributed by atoms with E-state index in [1.807, 2.05) is 0 Å². The topological polar surface area (TPSA) is 60.9 Å². The highest BCUT2D eigenvalue weighted by Gasteiger charge is 2.20. The summed E-state index contributed by atoms with van der Waals surface area (Å²) in [6.45, 7) is 2.11. The molecular formula is C12H21N3O3. The van der Waals surface area contributed by atoms with Gasteiger partial charge >= 0.3 is 0 Å². The molecule has 1 aliphatic heterocycles. The third-order valence-electron chi connectivity index (χ3n) is 3.12. The van der Waals surface area contributed by atoms with Gasteiger partial charge in [-0.1, -0.05) is 0 Å². The second kappa shape index (κ2) is 6.98. The minimum absolute atomic E-state index is 0.00657. The van der Waals surface area contributed by atoms with Crippen molar-refractivity contribution in [2.75, 3.05) is 40.3 Å². The molecule has 0 aromatic heterocycles. The van der Waals surface area contributed by atoms with Gasteiger partial charge in [0.25, 0.3) is 0 Å². The molecule has 0 atom stereocenters. The Morgan fingerprint density at radius 3 is 2.39 bits per heavy atom. The van der Waals surface area contributed by atoms with Gasteiger partial charge in [-0.25, -0.2) is 0 Å². The van der Waals surface area contributed by atoms with E-state index in [0.29, 0.717) is 13.0 Å². The molecule has 18 heavy (non-hydrogen) atoms. The van der Waals surface area contributed by atoms with E-state index in [1.165, 1.54) is 9.80 Å². The Bertz CT molecular complexity index is 314. The molecule has 1 aliphatic rings. The van der Waals surface area contributed by atoms with Gasteiger partial charge < -0.3 is 14.7 Å². The summed E-state index contributed by atoms with van der Waals surface area (Å²) in [5.41, 5.74) is 0. The molecule has 0 aliphatic carbocycles. The Balaban J connectivity index is 2.30. The Morgan fingerprint density at radius 1 is 1.22 bits per heavy atom. The highest BCUT2D eigenvalue weighted by molar-refractivity contribution is 5.84. The monoisotopic (exact) mass is 255 g/mol. The number of hydrogen-bond donors (Lipinski definition) is 0. The standard InChI is InChI=1S/C12H21N3O3/c1-13(10-16)8-5-11(17)14(2)9-12(18)15-6-3-4-7-15/h10H,3-9H2,1-2H3. The molecular weight excluding hydrogens is 234 g/mol. The van der Waals surface area contributed by atoms with Crippen LogP contribution in [-0.4, -0.2) is 73.2 Å². The predicted molar refractivity (Wildman–Crippen MR) is 66.8 cm³/mol. The zero-order valence-corrected chi connectivity index (χ0v) is 11.1. The van der Waals surface area contributed by atoms with E-state index < -0.39 is 0 Å². The molecule has 0 radical (unpaired) electrons. The van der Waals surface area contributed by atoms with Crippen molar-refractivity contribution in [2.45, 2.75) is 19.3 Å². The molecule has 0 unspecified atom stereocenters. The number of likely N-dealkylation sites (tertiary alicyclic amines) is 1. The van der Waals surface area contributed by atoms with Crippen LogP contribution in [0.25, 0.3) is 0 Å². The molecule has 0 N–H and O–H groups in total. The van der Waals surface area contributed by atoms with Crippen molar-refractivity contribution in [1.29, 1.82) is 0 Å². The van der Waals surface area contributed by atoms with Crippen molar-refractivity contribution < 1.29 is 14.4 Å². The van der Waals surface area contributed by atoms with E-state index in [9.17, 15) is 14.4 Å². The molecule has 0 bridgehead atoms. The van der Waals surface area contributed by atoms with Crippen LogP contribution in [0.5, 0.6) is 0 Å². The number of likely N-dealkylation sites (N-methyl/N-ethyl adjacent to an activating group) is 1. The minimum atomic E-state index is -0.115. The number of rotatable bonds is 6. The summed E-state index contributed by atoms with van der Waals surface area (Å²) in [6, 6.07) is 0. The summed E-state index contributed by atoms with van der Waals surface area (Å²) in [6.07, 6.45) is 3.03. The first-order valence-corrected chi connectivity index (χ1v) is 6.22. The second-order valence-electron chi connectivity index (χ2n) is 4.67. The van der Waals surface area contributed by atoms with E-state index in [-0.39, 0.29) is 24.8 Å². The van der Waals surface area contributed by atoms with Crippen LogP contribution in [-0.2, 0) is 14.4 Å². The number of amides is 3. The van der Waals surface area contributed by atoms with Gasteiger partial charge in [-0.2, -0.15) is 0 Å². The predicted octanol–water partition coefficient (Wildman–Crippen LogP) is -0.454. The number of nitrogens with zero attached hydrogens (tertiary/aromatic N) is 3. The van der Waals surface area contributed by atoms with Gasteiger partial charge in [-0.3, -0.25) is 14.4 Å². The smallest absolute Gasteiger partial charge is 0.242 e.